The van der Waals surface area contributed by atoms with Gasteiger partial charge in [-0.3, -0.25) is 0 Å². The zero-order valence-electron chi connectivity index (χ0n) is 15.6. The topological polar surface area (TPSA) is 134 Å². The van der Waals surface area contributed by atoms with E-state index in [1.54, 1.807) is 38.6 Å². The van der Waals surface area contributed by atoms with E-state index in [-0.39, 0.29) is 12.2 Å². The molecule has 0 aliphatic heterocycles. The van der Waals surface area contributed by atoms with Crippen molar-refractivity contribution >= 4 is 29.0 Å². The number of nitrogen functional groups attached to an aromatic ring is 1. The van der Waals surface area contributed by atoms with Crippen LogP contribution in [0.4, 0.5) is 10.6 Å². The Morgan fingerprint density at radius 2 is 1.92 bits per heavy atom. The van der Waals surface area contributed by atoms with Crippen molar-refractivity contribution in [1.82, 2.24) is 24.8 Å². The van der Waals surface area contributed by atoms with E-state index in [1.165, 1.54) is 13.4 Å². The Balaban J connectivity index is 2.18. The number of hydrogen-bond donors (Lipinski definition) is 2. The molecular weight excluding hydrogens is 340 g/mol. The van der Waals surface area contributed by atoms with Crippen molar-refractivity contribution in [1.29, 1.82) is 0 Å². The Morgan fingerprint density at radius 1 is 1.23 bits per heavy atom. The molecule has 26 heavy (non-hydrogen) atoms. The van der Waals surface area contributed by atoms with E-state index in [1.807, 2.05) is 0 Å². The Morgan fingerprint density at radius 3 is 2.54 bits per heavy atom. The van der Waals surface area contributed by atoms with Crippen LogP contribution in [0.2, 0.25) is 0 Å². The molecule has 2 rings (SSSR count). The molecule has 0 aliphatic rings. The lowest BCUT2D eigenvalue weighted by molar-refractivity contribution is -0.148. The number of nitrogens with zero attached hydrogens (tertiary/aromatic N) is 4. The van der Waals surface area contributed by atoms with Gasteiger partial charge in [0, 0.05) is 6.54 Å². The molecule has 2 aromatic heterocycles. The number of imidazole rings is 1. The fourth-order valence-corrected chi connectivity index (χ4v) is 2.38. The van der Waals surface area contributed by atoms with E-state index >= 15 is 0 Å². The molecule has 1 atom stereocenters. The summed E-state index contributed by atoms with van der Waals surface area (Å²) in [5.41, 5.74) is 4.82. The van der Waals surface area contributed by atoms with Crippen molar-refractivity contribution in [3.63, 3.8) is 0 Å². The predicted molar refractivity (Wildman–Crippen MR) is 94.1 cm³/mol. The molecule has 1 unspecified atom stereocenters. The number of rotatable bonds is 5. The highest BCUT2D eigenvalue weighted by molar-refractivity contribution is 5.85. The highest BCUT2D eigenvalue weighted by Crippen LogP contribution is 2.19. The normalized spacial score (nSPS) is 13.9. The SMILES string of the molecule is COC(=O)C(C)(CCn1cnc2c(N)ncnc21)NC(=O)OC(C)(C)C. The molecule has 0 bridgehead atoms. The fourth-order valence-electron chi connectivity index (χ4n) is 2.38. The van der Waals surface area contributed by atoms with Crippen LogP contribution in [0.5, 0.6) is 0 Å². The van der Waals surface area contributed by atoms with Crippen molar-refractivity contribution in [2.45, 2.75) is 51.8 Å². The number of aryl methyl sites for hydroxylation is 1. The van der Waals surface area contributed by atoms with E-state index in [4.69, 9.17) is 15.2 Å². The molecule has 0 saturated carbocycles. The number of ether oxygens (including phenoxy) is 2. The largest absolute Gasteiger partial charge is 0.467 e. The third-order valence-electron chi connectivity index (χ3n) is 3.69. The lowest BCUT2D eigenvalue weighted by atomic mass is 9.98. The quantitative estimate of drug-likeness (QED) is 0.757. The highest BCUT2D eigenvalue weighted by atomic mass is 16.6. The maximum absolute atomic E-state index is 12.2. The Hall–Kier alpha value is -2.91. The standard InChI is InChI=1S/C16H24N6O4/c1-15(2,3)26-14(24)21-16(4,13(23)25-5)6-7-22-9-20-10-11(17)18-8-19-12(10)22/h8-9H,6-7H2,1-5H3,(H,21,24)(H2,17,18,19). The van der Waals surface area contributed by atoms with Crippen LogP contribution in [-0.2, 0) is 20.8 Å². The van der Waals surface area contributed by atoms with Crippen LogP contribution in [0.25, 0.3) is 11.2 Å². The molecule has 10 heteroatoms. The Kier molecular flexibility index (Phi) is 5.33. The first kappa shape index (κ1) is 19.4. The highest BCUT2D eigenvalue weighted by Gasteiger charge is 2.37. The van der Waals surface area contributed by atoms with Crippen LogP contribution < -0.4 is 11.1 Å². The summed E-state index contributed by atoms with van der Waals surface area (Å²) in [5.74, 6) is -0.307. The number of nitrogens with one attached hydrogen (secondary N) is 1. The number of carbonyl (C=O) groups is 2. The van der Waals surface area contributed by atoms with Gasteiger partial charge in [-0.2, -0.15) is 0 Å². The first-order valence-electron chi connectivity index (χ1n) is 8.06. The third-order valence-corrected chi connectivity index (χ3v) is 3.69. The van der Waals surface area contributed by atoms with Crippen molar-refractivity contribution in [3.05, 3.63) is 12.7 Å². The minimum absolute atomic E-state index is 0.230. The monoisotopic (exact) mass is 364 g/mol. The smallest absolute Gasteiger partial charge is 0.408 e. The number of alkyl carbamates (subject to hydrolysis) is 1. The van der Waals surface area contributed by atoms with Crippen LogP contribution >= 0.6 is 0 Å². The van der Waals surface area contributed by atoms with Crippen molar-refractivity contribution in [2.24, 2.45) is 0 Å². The molecule has 0 spiro atoms. The third kappa shape index (κ3) is 4.38. The van der Waals surface area contributed by atoms with Crippen LogP contribution in [0.3, 0.4) is 0 Å². The number of amides is 1. The number of aromatic nitrogens is 4. The molecule has 2 aromatic rings. The van der Waals surface area contributed by atoms with Crippen molar-refractivity contribution < 1.29 is 19.1 Å². The number of fused-ring (bicyclic) bond motifs is 1. The molecule has 0 aliphatic carbocycles. The number of anilines is 1. The van der Waals surface area contributed by atoms with Gasteiger partial charge in [-0.05, 0) is 34.1 Å². The second kappa shape index (κ2) is 7.14. The van der Waals surface area contributed by atoms with Gasteiger partial charge in [-0.25, -0.2) is 24.5 Å². The maximum Gasteiger partial charge on any atom is 0.408 e. The molecule has 0 radical (unpaired) electrons. The number of hydrogen-bond acceptors (Lipinski definition) is 8. The molecule has 0 saturated heterocycles. The summed E-state index contributed by atoms with van der Waals surface area (Å²) < 4.78 is 11.8. The van der Waals surface area contributed by atoms with Gasteiger partial charge < -0.3 is 25.1 Å². The lowest BCUT2D eigenvalue weighted by Crippen LogP contribution is -2.54. The molecule has 3 N–H and O–H groups in total. The second-order valence-corrected chi connectivity index (χ2v) is 7.07. The molecule has 0 fully saturated rings. The van der Waals surface area contributed by atoms with Crippen molar-refractivity contribution in [2.75, 3.05) is 12.8 Å². The van der Waals surface area contributed by atoms with Crippen LogP contribution in [0.1, 0.15) is 34.1 Å². The van der Waals surface area contributed by atoms with Crippen LogP contribution in [0.15, 0.2) is 12.7 Å². The zero-order valence-corrected chi connectivity index (χ0v) is 15.6. The maximum atomic E-state index is 12.2. The molecule has 0 aromatic carbocycles. The van der Waals surface area contributed by atoms with E-state index in [0.717, 1.165) is 0 Å². The average Bonchev–Trinajstić information content (AvgIpc) is 2.95. The first-order chi connectivity index (χ1) is 12.1. The van der Waals surface area contributed by atoms with Gasteiger partial charge in [0.25, 0.3) is 0 Å². The number of methoxy groups -OCH3 is 1. The molecule has 142 valence electrons. The summed E-state index contributed by atoms with van der Waals surface area (Å²) in [5, 5.41) is 2.60. The molecule has 1 amide bonds. The van der Waals surface area contributed by atoms with Gasteiger partial charge >= 0.3 is 12.1 Å². The second-order valence-electron chi connectivity index (χ2n) is 7.07. The molecule has 2 heterocycles. The summed E-state index contributed by atoms with van der Waals surface area (Å²) >= 11 is 0. The Labute approximate surface area is 151 Å². The number of esters is 1. The summed E-state index contributed by atoms with van der Waals surface area (Å²) in [6.07, 6.45) is 2.43. The van der Waals surface area contributed by atoms with Gasteiger partial charge in [0.15, 0.2) is 11.5 Å². The molecular formula is C16H24N6O4. The van der Waals surface area contributed by atoms with Crippen LogP contribution in [0, 0.1) is 0 Å². The predicted octanol–water partition coefficient (Wildman–Crippen LogP) is 1.25. The first-order valence-corrected chi connectivity index (χ1v) is 8.06. The number of nitrogens with two attached hydrogens (primary N) is 1. The minimum atomic E-state index is -1.29. The summed E-state index contributed by atoms with van der Waals surface area (Å²) in [6.45, 7) is 7.14. The van der Waals surface area contributed by atoms with Crippen LogP contribution in [-0.4, -0.2) is 49.8 Å². The number of carbonyl (C=O) groups excluding carboxylic acids is 2. The summed E-state index contributed by atoms with van der Waals surface area (Å²) in [4.78, 5) is 36.6. The summed E-state index contributed by atoms with van der Waals surface area (Å²) in [6, 6.07) is 0. The van der Waals surface area contributed by atoms with E-state index < -0.39 is 23.2 Å². The van der Waals surface area contributed by atoms with Gasteiger partial charge in [-0.1, -0.05) is 0 Å². The van der Waals surface area contributed by atoms with Gasteiger partial charge in [0.2, 0.25) is 0 Å². The van der Waals surface area contributed by atoms with E-state index in [9.17, 15) is 9.59 Å². The summed E-state index contributed by atoms with van der Waals surface area (Å²) in [7, 11) is 1.26. The van der Waals surface area contributed by atoms with E-state index in [0.29, 0.717) is 17.7 Å². The lowest BCUT2D eigenvalue weighted by Gasteiger charge is -2.29. The van der Waals surface area contributed by atoms with Gasteiger partial charge in [0.1, 0.15) is 23.0 Å². The average molecular weight is 364 g/mol. The van der Waals surface area contributed by atoms with Gasteiger partial charge in [-0.15, -0.1) is 0 Å². The minimum Gasteiger partial charge on any atom is -0.467 e. The van der Waals surface area contributed by atoms with E-state index in [2.05, 4.69) is 20.3 Å². The fraction of sp³-hybridized carbons (Fsp3) is 0.562. The van der Waals surface area contributed by atoms with Gasteiger partial charge in [0.05, 0.1) is 13.4 Å². The van der Waals surface area contributed by atoms with Crippen molar-refractivity contribution in [3.8, 4) is 0 Å². The Bertz CT molecular complexity index is 813. The molecule has 10 nitrogen and oxygen atoms in total. The zero-order chi connectivity index (χ0) is 19.5.